The van der Waals surface area contributed by atoms with Gasteiger partial charge >= 0.3 is 0 Å². The Balaban J connectivity index is 1.80. The van der Waals surface area contributed by atoms with Crippen LogP contribution in [0.3, 0.4) is 0 Å². The van der Waals surface area contributed by atoms with E-state index in [9.17, 15) is 0 Å². The van der Waals surface area contributed by atoms with Crippen LogP contribution in [0, 0.1) is 0 Å². The maximum Gasteiger partial charge on any atom is 0.00682 e. The summed E-state index contributed by atoms with van der Waals surface area (Å²) < 4.78 is 0. The molecule has 0 radical (unpaired) electrons. The minimum Gasteiger partial charge on any atom is -0.314 e. The maximum atomic E-state index is 3.58. The van der Waals surface area contributed by atoms with Gasteiger partial charge < -0.3 is 10.2 Å². The molecular formula is C15H32N2. The molecule has 1 saturated carbocycles. The van der Waals surface area contributed by atoms with Crippen molar-refractivity contribution in [3.05, 3.63) is 0 Å². The SMILES string of the molecule is CCCCN(CC)CCCCCCNC1CC1. The summed E-state index contributed by atoms with van der Waals surface area (Å²) in [5.41, 5.74) is 0. The van der Waals surface area contributed by atoms with Crippen molar-refractivity contribution in [1.29, 1.82) is 0 Å². The van der Waals surface area contributed by atoms with Crippen molar-refractivity contribution in [3.8, 4) is 0 Å². The fourth-order valence-electron chi connectivity index (χ4n) is 2.22. The summed E-state index contributed by atoms with van der Waals surface area (Å²) in [5, 5.41) is 3.58. The van der Waals surface area contributed by atoms with Gasteiger partial charge in [0.1, 0.15) is 0 Å². The van der Waals surface area contributed by atoms with E-state index in [4.69, 9.17) is 0 Å². The zero-order valence-electron chi connectivity index (χ0n) is 12.0. The zero-order chi connectivity index (χ0) is 12.3. The summed E-state index contributed by atoms with van der Waals surface area (Å²) in [4.78, 5) is 2.60. The Morgan fingerprint density at radius 1 is 0.941 bits per heavy atom. The first-order chi connectivity index (χ1) is 8.36. The minimum atomic E-state index is 0.889. The molecule has 2 nitrogen and oxygen atoms in total. The lowest BCUT2D eigenvalue weighted by molar-refractivity contribution is 0.276. The van der Waals surface area contributed by atoms with Gasteiger partial charge in [0.15, 0.2) is 0 Å². The second-order valence-corrected chi connectivity index (χ2v) is 5.43. The second-order valence-electron chi connectivity index (χ2n) is 5.43. The Hall–Kier alpha value is -0.0800. The van der Waals surface area contributed by atoms with Crippen LogP contribution in [0.1, 0.15) is 65.2 Å². The van der Waals surface area contributed by atoms with Crippen LogP contribution in [-0.4, -0.2) is 37.1 Å². The van der Waals surface area contributed by atoms with Crippen LogP contribution in [0.4, 0.5) is 0 Å². The molecule has 1 N–H and O–H groups in total. The van der Waals surface area contributed by atoms with Gasteiger partial charge in [-0.1, -0.05) is 33.1 Å². The summed E-state index contributed by atoms with van der Waals surface area (Å²) in [7, 11) is 0. The lowest BCUT2D eigenvalue weighted by atomic mass is 10.2. The van der Waals surface area contributed by atoms with Gasteiger partial charge in [-0.3, -0.25) is 0 Å². The predicted molar refractivity (Wildman–Crippen MR) is 76.5 cm³/mol. The van der Waals surface area contributed by atoms with Crippen LogP contribution in [0.15, 0.2) is 0 Å². The largest absolute Gasteiger partial charge is 0.314 e. The van der Waals surface area contributed by atoms with Crippen LogP contribution in [0.2, 0.25) is 0 Å². The highest BCUT2D eigenvalue weighted by molar-refractivity contribution is 4.80. The van der Waals surface area contributed by atoms with E-state index < -0.39 is 0 Å². The number of nitrogens with one attached hydrogen (secondary N) is 1. The van der Waals surface area contributed by atoms with Gasteiger partial charge in [0, 0.05) is 6.04 Å². The van der Waals surface area contributed by atoms with E-state index in [2.05, 4.69) is 24.1 Å². The molecule has 0 amide bonds. The van der Waals surface area contributed by atoms with Crippen LogP contribution >= 0.6 is 0 Å². The average Bonchev–Trinajstić information content (AvgIpc) is 3.16. The molecule has 0 aromatic carbocycles. The molecule has 0 aromatic rings. The molecule has 1 rings (SSSR count). The Labute approximate surface area is 108 Å². The molecular weight excluding hydrogens is 208 g/mol. The van der Waals surface area contributed by atoms with Crippen molar-refractivity contribution in [1.82, 2.24) is 10.2 Å². The molecule has 1 aliphatic carbocycles. The summed E-state index contributed by atoms with van der Waals surface area (Å²) in [6.45, 7) is 9.65. The number of hydrogen-bond donors (Lipinski definition) is 1. The van der Waals surface area contributed by atoms with Gasteiger partial charge in [-0.2, -0.15) is 0 Å². The normalized spacial score (nSPS) is 15.7. The number of hydrogen-bond acceptors (Lipinski definition) is 2. The molecule has 0 saturated heterocycles. The lowest BCUT2D eigenvalue weighted by Gasteiger charge is -2.19. The lowest BCUT2D eigenvalue weighted by Crippen LogP contribution is -2.25. The van der Waals surface area contributed by atoms with E-state index >= 15 is 0 Å². The topological polar surface area (TPSA) is 15.3 Å². The van der Waals surface area contributed by atoms with E-state index in [1.165, 1.54) is 77.5 Å². The first kappa shape index (κ1) is 15.0. The molecule has 1 aliphatic rings. The van der Waals surface area contributed by atoms with Crippen LogP contribution in [-0.2, 0) is 0 Å². The Morgan fingerprint density at radius 2 is 1.65 bits per heavy atom. The van der Waals surface area contributed by atoms with Gasteiger partial charge in [-0.25, -0.2) is 0 Å². The second kappa shape index (κ2) is 9.90. The van der Waals surface area contributed by atoms with Crippen LogP contribution < -0.4 is 5.32 Å². The molecule has 0 aliphatic heterocycles. The third kappa shape index (κ3) is 8.62. The van der Waals surface area contributed by atoms with Gasteiger partial charge in [-0.15, -0.1) is 0 Å². The van der Waals surface area contributed by atoms with Crippen LogP contribution in [0.25, 0.3) is 0 Å². The number of unbranched alkanes of at least 4 members (excludes halogenated alkanes) is 4. The predicted octanol–water partition coefficient (Wildman–Crippen LogP) is 3.42. The zero-order valence-corrected chi connectivity index (χ0v) is 12.0. The van der Waals surface area contributed by atoms with Gasteiger partial charge in [-0.05, 0) is 58.3 Å². The molecule has 0 aromatic heterocycles. The van der Waals surface area contributed by atoms with Crippen LogP contribution in [0.5, 0.6) is 0 Å². The summed E-state index contributed by atoms with van der Waals surface area (Å²) in [6.07, 6.45) is 11.1. The number of nitrogens with zero attached hydrogens (tertiary/aromatic N) is 1. The highest BCUT2D eigenvalue weighted by atomic mass is 15.1. The molecule has 0 bridgehead atoms. The van der Waals surface area contributed by atoms with Gasteiger partial charge in [0.2, 0.25) is 0 Å². The Kier molecular flexibility index (Phi) is 8.72. The molecule has 0 heterocycles. The quantitative estimate of drug-likeness (QED) is 0.526. The van der Waals surface area contributed by atoms with Gasteiger partial charge in [0.05, 0.1) is 0 Å². The minimum absolute atomic E-state index is 0.889. The summed E-state index contributed by atoms with van der Waals surface area (Å²) in [6, 6.07) is 0.889. The van der Waals surface area contributed by atoms with Crippen molar-refractivity contribution >= 4 is 0 Å². The number of rotatable bonds is 12. The first-order valence-electron chi connectivity index (χ1n) is 7.82. The van der Waals surface area contributed by atoms with Gasteiger partial charge in [0.25, 0.3) is 0 Å². The average molecular weight is 240 g/mol. The van der Waals surface area contributed by atoms with E-state index in [0.29, 0.717) is 0 Å². The third-order valence-corrected chi connectivity index (χ3v) is 3.69. The van der Waals surface area contributed by atoms with E-state index in [1.807, 2.05) is 0 Å². The molecule has 1 fully saturated rings. The standard InChI is InChI=1S/C15H32N2/c1-3-5-13-17(4-2)14-9-7-6-8-12-16-15-10-11-15/h15-16H,3-14H2,1-2H3. The monoisotopic (exact) mass is 240 g/mol. The Bertz CT molecular complexity index is 166. The fraction of sp³-hybridized carbons (Fsp3) is 1.00. The molecule has 0 spiro atoms. The Morgan fingerprint density at radius 3 is 2.29 bits per heavy atom. The van der Waals surface area contributed by atoms with Crippen molar-refractivity contribution in [2.45, 2.75) is 71.3 Å². The van der Waals surface area contributed by atoms with E-state index in [-0.39, 0.29) is 0 Å². The van der Waals surface area contributed by atoms with Crippen molar-refractivity contribution in [2.75, 3.05) is 26.2 Å². The molecule has 0 unspecified atom stereocenters. The fourth-order valence-corrected chi connectivity index (χ4v) is 2.22. The summed E-state index contributed by atoms with van der Waals surface area (Å²) >= 11 is 0. The van der Waals surface area contributed by atoms with Crippen molar-refractivity contribution in [3.63, 3.8) is 0 Å². The smallest absolute Gasteiger partial charge is 0.00682 e. The first-order valence-corrected chi connectivity index (χ1v) is 7.82. The maximum absolute atomic E-state index is 3.58. The third-order valence-electron chi connectivity index (χ3n) is 3.69. The highest BCUT2D eigenvalue weighted by Crippen LogP contribution is 2.18. The highest BCUT2D eigenvalue weighted by Gasteiger charge is 2.19. The molecule has 2 heteroatoms. The molecule has 0 atom stereocenters. The van der Waals surface area contributed by atoms with E-state index in [0.717, 1.165) is 6.04 Å². The van der Waals surface area contributed by atoms with E-state index in [1.54, 1.807) is 0 Å². The molecule has 102 valence electrons. The van der Waals surface area contributed by atoms with Crippen molar-refractivity contribution < 1.29 is 0 Å². The summed E-state index contributed by atoms with van der Waals surface area (Å²) in [5.74, 6) is 0. The molecule has 17 heavy (non-hydrogen) atoms. The van der Waals surface area contributed by atoms with Crippen molar-refractivity contribution in [2.24, 2.45) is 0 Å².